The molecular formula is C37H30Cl2FN3O3. The van der Waals surface area contributed by atoms with Crippen molar-refractivity contribution >= 4 is 35.2 Å². The van der Waals surface area contributed by atoms with Gasteiger partial charge in [0.2, 0.25) is 5.69 Å². The molecule has 46 heavy (non-hydrogen) atoms. The number of hydrogen-bond donors (Lipinski definition) is 0. The zero-order valence-electron chi connectivity index (χ0n) is 25.5. The molecule has 9 heteroatoms. The Balaban J connectivity index is 1.39. The normalized spacial score (nSPS) is 10.9. The number of carbonyl (C=O) groups is 1. The Morgan fingerprint density at radius 3 is 2.39 bits per heavy atom. The number of pyridine rings is 1. The summed E-state index contributed by atoms with van der Waals surface area (Å²) in [5.74, 6) is 0.156. The fourth-order valence-corrected chi connectivity index (χ4v) is 5.69. The lowest BCUT2D eigenvalue weighted by Crippen LogP contribution is -2.10. The maximum atomic E-state index is 15.4. The molecule has 0 N–H and O–H groups in total. The van der Waals surface area contributed by atoms with Crippen molar-refractivity contribution in [3.05, 3.63) is 140 Å². The third kappa shape index (κ3) is 7.38. The number of nitrogens with zero attached hydrogens (tertiary/aromatic N) is 3. The van der Waals surface area contributed by atoms with Crippen LogP contribution in [0.25, 0.3) is 27.1 Å². The first kappa shape index (κ1) is 32.6. The summed E-state index contributed by atoms with van der Waals surface area (Å²) in [6.45, 7) is 10.1. The van der Waals surface area contributed by atoms with Gasteiger partial charge in [0.25, 0.3) is 0 Å². The summed E-state index contributed by atoms with van der Waals surface area (Å²) >= 11 is 13.4. The first-order valence-electron chi connectivity index (χ1n) is 14.3. The van der Waals surface area contributed by atoms with Gasteiger partial charge >= 0.3 is 0 Å². The quantitative estimate of drug-likeness (QED) is 0.105. The van der Waals surface area contributed by atoms with Gasteiger partial charge in [0.05, 0.1) is 22.2 Å². The van der Waals surface area contributed by atoms with E-state index in [4.69, 9.17) is 39.2 Å². The maximum Gasteiger partial charge on any atom is 0.205 e. The number of rotatable bonds is 11. The van der Waals surface area contributed by atoms with Crippen LogP contribution in [0.15, 0.2) is 85.2 Å². The molecule has 0 bridgehead atoms. The van der Waals surface area contributed by atoms with Crippen molar-refractivity contribution in [1.29, 1.82) is 0 Å². The van der Waals surface area contributed by atoms with Gasteiger partial charge in [-0.3, -0.25) is 9.78 Å². The van der Waals surface area contributed by atoms with Crippen molar-refractivity contribution < 1.29 is 18.7 Å². The lowest BCUT2D eigenvalue weighted by atomic mass is 9.93. The minimum Gasteiger partial charge on any atom is -0.488 e. The van der Waals surface area contributed by atoms with Crippen LogP contribution in [0.1, 0.15) is 32.6 Å². The van der Waals surface area contributed by atoms with Crippen LogP contribution in [0.2, 0.25) is 10.0 Å². The summed E-state index contributed by atoms with van der Waals surface area (Å²) in [6, 6.07) is 21.5. The Morgan fingerprint density at radius 1 is 0.913 bits per heavy atom. The molecule has 0 unspecified atom stereocenters. The van der Waals surface area contributed by atoms with Gasteiger partial charge in [0, 0.05) is 36.1 Å². The highest BCUT2D eigenvalue weighted by Crippen LogP contribution is 2.41. The fraction of sp³-hybridized carbons (Fsp3) is 0.162. The first-order valence-corrected chi connectivity index (χ1v) is 15.1. The third-order valence-electron chi connectivity index (χ3n) is 7.45. The molecule has 0 aliphatic heterocycles. The molecular weight excluding hydrogens is 624 g/mol. The van der Waals surface area contributed by atoms with Crippen LogP contribution in [0.3, 0.4) is 0 Å². The number of aldehydes is 1. The second-order valence-electron chi connectivity index (χ2n) is 11.0. The summed E-state index contributed by atoms with van der Waals surface area (Å²) in [7, 11) is 4.03. The number of benzene rings is 4. The van der Waals surface area contributed by atoms with Crippen LogP contribution in [0.4, 0.5) is 10.1 Å². The number of carbonyl (C=O) groups excluding carboxylic acids is 1. The van der Waals surface area contributed by atoms with E-state index < -0.39 is 5.82 Å². The van der Waals surface area contributed by atoms with Gasteiger partial charge in [-0.1, -0.05) is 65.7 Å². The monoisotopic (exact) mass is 653 g/mol. The Labute approximate surface area is 277 Å². The lowest BCUT2D eigenvalue weighted by Gasteiger charge is -2.17. The molecule has 6 nitrogen and oxygen atoms in total. The molecule has 0 radical (unpaired) electrons. The van der Waals surface area contributed by atoms with Crippen LogP contribution >= 0.6 is 23.2 Å². The van der Waals surface area contributed by atoms with Crippen molar-refractivity contribution in [3.8, 4) is 33.8 Å². The van der Waals surface area contributed by atoms with E-state index in [-0.39, 0.29) is 29.5 Å². The van der Waals surface area contributed by atoms with Gasteiger partial charge in [0.15, 0.2) is 6.29 Å². The zero-order valence-corrected chi connectivity index (χ0v) is 27.0. The highest BCUT2D eigenvalue weighted by atomic mass is 35.5. The Hall–Kier alpha value is -4.74. The molecule has 0 amide bonds. The zero-order chi connectivity index (χ0) is 32.8. The van der Waals surface area contributed by atoms with E-state index in [1.54, 1.807) is 24.4 Å². The topological polar surface area (TPSA) is 56.0 Å². The second-order valence-corrected chi connectivity index (χ2v) is 11.8. The maximum absolute atomic E-state index is 15.4. The van der Waals surface area contributed by atoms with Gasteiger partial charge in [-0.25, -0.2) is 9.24 Å². The van der Waals surface area contributed by atoms with Crippen molar-refractivity contribution in [1.82, 2.24) is 9.88 Å². The van der Waals surface area contributed by atoms with E-state index in [1.165, 1.54) is 23.9 Å². The van der Waals surface area contributed by atoms with Crippen molar-refractivity contribution in [2.75, 3.05) is 14.1 Å². The largest absolute Gasteiger partial charge is 0.488 e. The lowest BCUT2D eigenvalue weighted by molar-refractivity contribution is 0.111. The van der Waals surface area contributed by atoms with Crippen LogP contribution in [0.5, 0.6) is 11.5 Å². The van der Waals surface area contributed by atoms with Crippen LogP contribution in [-0.2, 0) is 19.8 Å². The predicted octanol–water partition coefficient (Wildman–Crippen LogP) is 9.75. The highest BCUT2D eigenvalue weighted by Gasteiger charge is 2.19. The molecule has 0 atom stereocenters. The molecule has 5 aromatic rings. The van der Waals surface area contributed by atoms with Crippen molar-refractivity contribution in [2.45, 2.75) is 26.7 Å². The number of halogens is 3. The van der Waals surface area contributed by atoms with Crippen molar-refractivity contribution in [2.24, 2.45) is 0 Å². The van der Waals surface area contributed by atoms with E-state index in [1.807, 2.05) is 63.5 Å². The smallest absolute Gasteiger partial charge is 0.205 e. The summed E-state index contributed by atoms with van der Waals surface area (Å²) < 4.78 is 27.4. The summed E-state index contributed by atoms with van der Waals surface area (Å²) in [5.41, 5.74) is 6.67. The highest BCUT2D eigenvalue weighted by molar-refractivity contribution is 6.36. The van der Waals surface area contributed by atoms with Gasteiger partial charge in [-0.2, -0.15) is 0 Å². The molecule has 4 aromatic carbocycles. The second kappa shape index (κ2) is 14.6. The Kier molecular flexibility index (Phi) is 10.3. The number of ether oxygens (including phenoxy) is 2. The standard InChI is InChI=1S/C37H30Cl2FN3O3/c1-23-27(22-46-35-16-34(28(20-44)15-32(35)38)45-21-25-14-29(41-2)18-42-17-25)6-5-7-30(23)36-33(40)13-12-31(37(36)39)26-10-8-24(9-11-26)19-43(3)4/h5-18,20H,19,21-22H2,1,3-4H3. The molecule has 0 fully saturated rings. The average Bonchev–Trinajstić information content (AvgIpc) is 3.05. The number of hydrogen-bond acceptors (Lipinski definition) is 5. The molecule has 5 rings (SSSR count). The predicted molar refractivity (Wildman–Crippen MR) is 180 cm³/mol. The summed E-state index contributed by atoms with van der Waals surface area (Å²) in [6.07, 6.45) is 3.70. The molecule has 232 valence electrons. The van der Waals surface area contributed by atoms with E-state index in [9.17, 15) is 4.79 Å². The fourth-order valence-electron chi connectivity index (χ4n) is 5.10. The average molecular weight is 655 g/mol. The van der Waals surface area contributed by atoms with E-state index in [0.717, 1.165) is 28.8 Å². The Bertz CT molecular complexity index is 1940. The van der Waals surface area contributed by atoms with Gasteiger partial charge < -0.3 is 14.4 Å². The van der Waals surface area contributed by atoms with Crippen molar-refractivity contribution in [3.63, 3.8) is 0 Å². The summed E-state index contributed by atoms with van der Waals surface area (Å²) in [4.78, 5) is 21.3. The molecule has 0 saturated heterocycles. The van der Waals surface area contributed by atoms with E-state index in [2.05, 4.69) is 14.7 Å². The molecule has 0 aliphatic rings. The molecule has 1 aromatic heterocycles. The molecule has 1 heterocycles. The molecule has 0 aliphatic carbocycles. The van der Waals surface area contributed by atoms with Gasteiger partial charge in [-0.05, 0) is 78.7 Å². The van der Waals surface area contributed by atoms with E-state index >= 15 is 4.39 Å². The minimum absolute atomic E-state index is 0.0883. The van der Waals surface area contributed by atoms with E-state index in [0.29, 0.717) is 39.4 Å². The molecule has 0 spiro atoms. The molecule has 0 saturated carbocycles. The Morgan fingerprint density at radius 2 is 1.67 bits per heavy atom. The van der Waals surface area contributed by atoms with Crippen LogP contribution < -0.4 is 9.47 Å². The first-order chi connectivity index (χ1) is 22.2. The minimum atomic E-state index is -0.425. The van der Waals surface area contributed by atoms with Gasteiger partial charge in [-0.15, -0.1) is 0 Å². The number of aromatic nitrogens is 1. The SMILES string of the molecule is [C-]#[N+]c1cncc(COc2cc(OCc3cccc(-c4c(F)ccc(-c5ccc(CN(C)C)cc5)c4Cl)c3C)c(Cl)cc2C=O)c1. The van der Waals surface area contributed by atoms with Crippen LogP contribution in [0, 0.1) is 19.3 Å². The third-order valence-corrected chi connectivity index (χ3v) is 8.14. The van der Waals surface area contributed by atoms with Crippen LogP contribution in [-0.4, -0.2) is 30.3 Å². The summed E-state index contributed by atoms with van der Waals surface area (Å²) in [5, 5.41) is 0.561. The van der Waals surface area contributed by atoms with Gasteiger partial charge in [0.1, 0.15) is 30.5 Å².